The number of carbonyl (C=O) groups is 1. The van der Waals surface area contributed by atoms with Gasteiger partial charge >= 0.3 is 5.97 Å². The number of nitriles is 1. The topological polar surface area (TPSA) is 61.1 Å². The third-order valence-corrected chi connectivity index (χ3v) is 2.34. The second kappa shape index (κ2) is 3.97. The molecule has 16 heavy (non-hydrogen) atoms. The number of hydrogen-bond acceptors (Lipinski definition) is 2. The molecule has 0 saturated heterocycles. The average molecular weight is 217 g/mol. The van der Waals surface area contributed by atoms with E-state index in [1.54, 1.807) is 13.8 Å². The molecule has 0 aliphatic carbocycles. The number of carboxylic acid groups (broad SMARTS) is 1. The standard InChI is InChI=1S/C11H9BFNO2/c1-11(2,5-14)6-3-7(12)9(10(15)16)8(13)4-6/h3-4H,1-2H3,(H,15,16). The van der Waals surface area contributed by atoms with Crippen LogP contribution < -0.4 is 5.46 Å². The van der Waals surface area contributed by atoms with Gasteiger partial charge < -0.3 is 5.11 Å². The van der Waals surface area contributed by atoms with Gasteiger partial charge in [-0.3, -0.25) is 0 Å². The second-order valence-corrected chi connectivity index (χ2v) is 3.96. The van der Waals surface area contributed by atoms with E-state index in [-0.39, 0.29) is 5.46 Å². The van der Waals surface area contributed by atoms with E-state index in [9.17, 15) is 9.18 Å². The van der Waals surface area contributed by atoms with E-state index in [1.165, 1.54) is 6.07 Å². The van der Waals surface area contributed by atoms with Crippen molar-refractivity contribution in [2.24, 2.45) is 0 Å². The summed E-state index contributed by atoms with van der Waals surface area (Å²) in [6, 6.07) is 4.34. The minimum atomic E-state index is -1.42. The molecule has 5 heteroatoms. The van der Waals surface area contributed by atoms with E-state index in [0.717, 1.165) is 6.07 Å². The first-order chi connectivity index (χ1) is 7.29. The molecule has 0 spiro atoms. The van der Waals surface area contributed by atoms with Gasteiger partial charge in [-0.05, 0) is 25.5 Å². The van der Waals surface area contributed by atoms with E-state index in [1.807, 2.05) is 6.07 Å². The van der Waals surface area contributed by atoms with E-state index in [4.69, 9.17) is 18.2 Å². The Morgan fingerprint density at radius 3 is 2.50 bits per heavy atom. The number of aromatic carboxylic acids is 1. The van der Waals surface area contributed by atoms with Crippen molar-refractivity contribution >= 4 is 19.3 Å². The summed E-state index contributed by atoms with van der Waals surface area (Å²) < 4.78 is 13.5. The predicted octanol–water partition coefficient (Wildman–Crippen LogP) is 1.12. The van der Waals surface area contributed by atoms with Crippen LogP contribution in [0.4, 0.5) is 4.39 Å². The molecule has 1 aromatic rings. The molecule has 0 unspecified atom stereocenters. The largest absolute Gasteiger partial charge is 0.478 e. The number of benzene rings is 1. The second-order valence-electron chi connectivity index (χ2n) is 3.96. The lowest BCUT2D eigenvalue weighted by atomic mass is 9.80. The Balaban J connectivity index is 3.43. The highest BCUT2D eigenvalue weighted by Crippen LogP contribution is 2.23. The van der Waals surface area contributed by atoms with Gasteiger partial charge in [0.1, 0.15) is 13.7 Å². The molecule has 0 aliphatic rings. The first-order valence-corrected chi connectivity index (χ1v) is 4.53. The van der Waals surface area contributed by atoms with Crippen molar-refractivity contribution in [1.29, 1.82) is 5.26 Å². The minimum absolute atomic E-state index is 0.175. The van der Waals surface area contributed by atoms with Crippen LogP contribution in [0.3, 0.4) is 0 Å². The molecular formula is C11H9BFNO2. The Morgan fingerprint density at radius 1 is 1.56 bits per heavy atom. The molecule has 0 aliphatic heterocycles. The molecule has 0 heterocycles. The van der Waals surface area contributed by atoms with Crippen LogP contribution in [0.25, 0.3) is 0 Å². The third kappa shape index (κ3) is 2.06. The molecule has 80 valence electrons. The van der Waals surface area contributed by atoms with E-state index < -0.39 is 22.8 Å². The zero-order chi connectivity index (χ0) is 12.5. The maximum Gasteiger partial charge on any atom is 0.338 e. The van der Waals surface area contributed by atoms with Crippen molar-refractivity contribution in [3.05, 3.63) is 29.1 Å². The summed E-state index contributed by atoms with van der Waals surface area (Å²) in [6.07, 6.45) is 0. The molecule has 0 fully saturated rings. The van der Waals surface area contributed by atoms with Crippen LogP contribution in [-0.4, -0.2) is 18.9 Å². The monoisotopic (exact) mass is 217 g/mol. The number of halogens is 1. The minimum Gasteiger partial charge on any atom is -0.478 e. The molecule has 1 aromatic carbocycles. The quantitative estimate of drug-likeness (QED) is 0.755. The van der Waals surface area contributed by atoms with Gasteiger partial charge in [0.05, 0.1) is 17.0 Å². The molecule has 0 saturated carbocycles. The number of hydrogen-bond donors (Lipinski definition) is 1. The summed E-state index contributed by atoms with van der Waals surface area (Å²) in [5.41, 5.74) is -1.29. The zero-order valence-corrected chi connectivity index (χ0v) is 8.91. The smallest absolute Gasteiger partial charge is 0.338 e. The molecule has 1 N–H and O–H groups in total. The van der Waals surface area contributed by atoms with Crippen molar-refractivity contribution in [2.45, 2.75) is 19.3 Å². The third-order valence-electron chi connectivity index (χ3n) is 2.34. The highest BCUT2D eigenvalue weighted by molar-refractivity contribution is 6.36. The Morgan fingerprint density at radius 2 is 2.12 bits per heavy atom. The van der Waals surface area contributed by atoms with Crippen LogP contribution in [0.2, 0.25) is 0 Å². The molecule has 0 bridgehead atoms. The van der Waals surface area contributed by atoms with Gasteiger partial charge in [0, 0.05) is 0 Å². The van der Waals surface area contributed by atoms with Crippen LogP contribution >= 0.6 is 0 Å². The van der Waals surface area contributed by atoms with E-state index in [0.29, 0.717) is 5.56 Å². The van der Waals surface area contributed by atoms with Gasteiger partial charge in [-0.15, -0.1) is 0 Å². The zero-order valence-electron chi connectivity index (χ0n) is 8.91. The van der Waals surface area contributed by atoms with Crippen molar-refractivity contribution in [1.82, 2.24) is 0 Å². The molecule has 0 atom stereocenters. The van der Waals surface area contributed by atoms with Crippen LogP contribution in [0.15, 0.2) is 12.1 Å². The Labute approximate surface area is 93.9 Å². The van der Waals surface area contributed by atoms with Gasteiger partial charge in [0.15, 0.2) is 0 Å². The summed E-state index contributed by atoms with van der Waals surface area (Å²) >= 11 is 0. The molecule has 3 nitrogen and oxygen atoms in total. The predicted molar refractivity (Wildman–Crippen MR) is 57.4 cm³/mol. The van der Waals surface area contributed by atoms with Crippen LogP contribution in [-0.2, 0) is 5.41 Å². The summed E-state index contributed by atoms with van der Waals surface area (Å²) in [6.45, 7) is 3.20. The number of rotatable bonds is 2. The Bertz CT molecular complexity index is 468. The average Bonchev–Trinajstić information content (AvgIpc) is 2.15. The fourth-order valence-electron chi connectivity index (χ4n) is 1.28. The van der Waals surface area contributed by atoms with E-state index >= 15 is 0 Å². The number of nitrogens with zero attached hydrogens (tertiary/aromatic N) is 1. The SMILES string of the molecule is [B]c1cc(C(C)(C)C#N)cc(F)c1C(=O)O. The van der Waals surface area contributed by atoms with Crippen LogP contribution in [0.5, 0.6) is 0 Å². The van der Waals surface area contributed by atoms with Crippen molar-refractivity contribution in [3.63, 3.8) is 0 Å². The first-order valence-electron chi connectivity index (χ1n) is 4.53. The van der Waals surface area contributed by atoms with Crippen molar-refractivity contribution < 1.29 is 14.3 Å². The molecule has 0 aromatic heterocycles. The molecule has 1 rings (SSSR count). The molecular weight excluding hydrogens is 208 g/mol. The van der Waals surface area contributed by atoms with E-state index in [2.05, 4.69) is 0 Å². The van der Waals surface area contributed by atoms with Crippen LogP contribution in [0.1, 0.15) is 29.8 Å². The van der Waals surface area contributed by atoms with Crippen LogP contribution in [0, 0.1) is 17.1 Å². The first kappa shape index (κ1) is 12.2. The van der Waals surface area contributed by atoms with Crippen molar-refractivity contribution in [2.75, 3.05) is 0 Å². The maximum absolute atomic E-state index is 13.5. The highest BCUT2D eigenvalue weighted by atomic mass is 19.1. The summed E-state index contributed by atoms with van der Waals surface area (Å²) in [5.74, 6) is -2.35. The lowest BCUT2D eigenvalue weighted by molar-refractivity contribution is 0.0693. The lowest BCUT2D eigenvalue weighted by Crippen LogP contribution is -2.23. The summed E-state index contributed by atoms with van der Waals surface area (Å²) in [7, 11) is 5.44. The highest BCUT2D eigenvalue weighted by Gasteiger charge is 2.23. The van der Waals surface area contributed by atoms with Crippen molar-refractivity contribution in [3.8, 4) is 6.07 Å². The van der Waals surface area contributed by atoms with Gasteiger partial charge in [0.2, 0.25) is 0 Å². The van der Waals surface area contributed by atoms with Gasteiger partial charge in [0.25, 0.3) is 0 Å². The maximum atomic E-state index is 13.5. The molecule has 2 radical (unpaired) electrons. The lowest BCUT2D eigenvalue weighted by Gasteiger charge is -2.17. The number of carboxylic acids is 1. The van der Waals surface area contributed by atoms with Gasteiger partial charge in [-0.1, -0.05) is 11.5 Å². The van der Waals surface area contributed by atoms with Gasteiger partial charge in [-0.2, -0.15) is 5.26 Å². The fraction of sp³-hybridized carbons (Fsp3) is 0.273. The summed E-state index contributed by atoms with van der Waals surface area (Å²) in [4.78, 5) is 10.7. The molecule has 0 amide bonds. The Hall–Kier alpha value is -1.83. The normalized spacial score (nSPS) is 10.9. The Kier molecular flexibility index (Phi) is 3.04. The fourth-order valence-corrected chi connectivity index (χ4v) is 1.28. The van der Waals surface area contributed by atoms with Gasteiger partial charge in [-0.25, -0.2) is 9.18 Å². The summed E-state index contributed by atoms with van der Waals surface area (Å²) in [5, 5.41) is 17.6.